The van der Waals surface area contributed by atoms with Gasteiger partial charge in [-0.25, -0.2) is 0 Å². The minimum atomic E-state index is 0.998. The van der Waals surface area contributed by atoms with Crippen LogP contribution in [0.1, 0.15) is 0 Å². The third kappa shape index (κ3) is 3.43. The van der Waals surface area contributed by atoms with Crippen molar-refractivity contribution < 1.29 is 0 Å². The van der Waals surface area contributed by atoms with Crippen LogP contribution in [0.5, 0.6) is 0 Å². The number of hydrogen-bond donors (Lipinski definition) is 2. The van der Waals surface area contributed by atoms with E-state index in [0.717, 1.165) is 22.5 Å². The minimum absolute atomic E-state index is 0.998. The smallest absolute Gasteiger partial charge is 0.0665 e. The number of nitrogens with zero attached hydrogens (tertiary/aromatic N) is 4. The Morgan fingerprint density at radius 2 is 1.09 bits per heavy atom. The van der Waals surface area contributed by atoms with Gasteiger partial charge in [-0.15, -0.1) is 0 Å². The normalized spacial score (nSPS) is 9.82. The van der Waals surface area contributed by atoms with Crippen molar-refractivity contribution in [3.63, 3.8) is 0 Å². The second-order valence-electron chi connectivity index (χ2n) is 4.42. The van der Waals surface area contributed by atoms with E-state index in [2.05, 4.69) is 30.4 Å². The number of pyridine rings is 2. The van der Waals surface area contributed by atoms with Gasteiger partial charge >= 0.3 is 0 Å². The molecule has 0 bridgehead atoms. The zero-order valence-corrected chi connectivity index (χ0v) is 11.7. The topological polar surface area (TPSA) is 83.1 Å². The Hall–Kier alpha value is -3.28. The van der Waals surface area contributed by atoms with Crippen molar-refractivity contribution in [2.75, 3.05) is 0 Å². The summed E-state index contributed by atoms with van der Waals surface area (Å²) in [4.78, 5) is 7.99. The molecule has 0 saturated carbocycles. The number of hydrogen-bond acceptors (Lipinski definition) is 4. The van der Waals surface area contributed by atoms with Crippen molar-refractivity contribution in [1.29, 1.82) is 0 Å². The van der Waals surface area contributed by atoms with Gasteiger partial charge in [0.2, 0.25) is 0 Å². The predicted molar refractivity (Wildman–Crippen MR) is 83.6 cm³/mol. The van der Waals surface area contributed by atoms with Crippen LogP contribution in [0.15, 0.2) is 73.6 Å². The Morgan fingerprint density at radius 3 is 1.41 bits per heavy atom. The van der Waals surface area contributed by atoms with Crippen LogP contribution in [0.4, 0.5) is 0 Å². The summed E-state index contributed by atoms with van der Waals surface area (Å²) in [6, 6.07) is 11.6. The van der Waals surface area contributed by atoms with Gasteiger partial charge < -0.3 is 0 Å². The third-order valence-corrected chi connectivity index (χ3v) is 2.95. The van der Waals surface area contributed by atoms with E-state index in [9.17, 15) is 0 Å². The highest BCUT2D eigenvalue weighted by atomic mass is 15.1. The van der Waals surface area contributed by atoms with Crippen LogP contribution in [0.25, 0.3) is 22.5 Å². The maximum Gasteiger partial charge on any atom is 0.0665 e. The molecule has 4 rings (SSSR count). The van der Waals surface area contributed by atoms with E-state index in [-0.39, 0.29) is 0 Å². The highest BCUT2D eigenvalue weighted by Crippen LogP contribution is 2.13. The first-order chi connectivity index (χ1) is 10.9. The minimum Gasteiger partial charge on any atom is -0.278 e. The molecule has 6 nitrogen and oxygen atoms in total. The SMILES string of the molecule is c1cncc(-c2ccn[nH]2)c1.c1cncc(-c2ccn[nH]2)c1. The average Bonchev–Trinajstić information content (AvgIpc) is 3.31. The molecule has 0 unspecified atom stereocenters. The molecule has 0 aromatic carbocycles. The Morgan fingerprint density at radius 1 is 0.591 bits per heavy atom. The molecule has 0 aliphatic rings. The Bertz CT molecular complexity index is 694. The molecule has 0 spiro atoms. The number of rotatable bonds is 2. The average molecular weight is 290 g/mol. The van der Waals surface area contributed by atoms with Gasteiger partial charge in [-0.05, 0) is 36.4 Å². The summed E-state index contributed by atoms with van der Waals surface area (Å²) in [6.45, 7) is 0. The van der Waals surface area contributed by atoms with Gasteiger partial charge in [0.05, 0.1) is 11.4 Å². The van der Waals surface area contributed by atoms with Gasteiger partial charge in [0.1, 0.15) is 0 Å². The summed E-state index contributed by atoms with van der Waals surface area (Å²) in [5.41, 5.74) is 4.12. The van der Waals surface area contributed by atoms with Crippen LogP contribution >= 0.6 is 0 Å². The Balaban J connectivity index is 0.000000131. The molecule has 0 atom stereocenters. The molecule has 22 heavy (non-hydrogen) atoms. The second kappa shape index (κ2) is 6.94. The maximum atomic E-state index is 3.99. The summed E-state index contributed by atoms with van der Waals surface area (Å²) in [6.07, 6.45) is 10.5. The Labute approximate surface area is 127 Å². The lowest BCUT2D eigenvalue weighted by Gasteiger charge is -1.92. The van der Waals surface area contributed by atoms with E-state index >= 15 is 0 Å². The van der Waals surface area contributed by atoms with E-state index in [4.69, 9.17) is 0 Å². The molecule has 108 valence electrons. The number of aromatic nitrogens is 6. The molecular formula is C16H14N6. The molecule has 2 N–H and O–H groups in total. The maximum absolute atomic E-state index is 3.99. The van der Waals surface area contributed by atoms with E-state index in [0.29, 0.717) is 0 Å². The van der Waals surface area contributed by atoms with E-state index in [1.807, 2.05) is 36.4 Å². The van der Waals surface area contributed by atoms with Crippen LogP contribution in [-0.4, -0.2) is 30.4 Å². The molecule has 0 fully saturated rings. The third-order valence-electron chi connectivity index (χ3n) is 2.95. The van der Waals surface area contributed by atoms with Crippen LogP contribution in [0, 0.1) is 0 Å². The first-order valence-corrected chi connectivity index (χ1v) is 6.73. The fraction of sp³-hybridized carbons (Fsp3) is 0. The largest absolute Gasteiger partial charge is 0.278 e. The molecule has 4 aromatic heterocycles. The number of aromatic amines is 2. The molecule has 4 aromatic rings. The van der Waals surface area contributed by atoms with Crippen molar-refractivity contribution in [2.45, 2.75) is 0 Å². The fourth-order valence-electron chi connectivity index (χ4n) is 1.88. The number of nitrogens with one attached hydrogen (secondary N) is 2. The van der Waals surface area contributed by atoms with Gasteiger partial charge in [0, 0.05) is 48.3 Å². The second-order valence-corrected chi connectivity index (χ2v) is 4.42. The zero-order valence-electron chi connectivity index (χ0n) is 11.7. The van der Waals surface area contributed by atoms with Gasteiger partial charge in [0.15, 0.2) is 0 Å². The predicted octanol–water partition coefficient (Wildman–Crippen LogP) is 2.94. The van der Waals surface area contributed by atoms with Crippen LogP contribution < -0.4 is 0 Å². The summed E-state index contributed by atoms with van der Waals surface area (Å²) < 4.78 is 0. The monoisotopic (exact) mass is 290 g/mol. The van der Waals surface area contributed by atoms with Gasteiger partial charge in [0.25, 0.3) is 0 Å². The van der Waals surface area contributed by atoms with Crippen LogP contribution in [0.3, 0.4) is 0 Å². The van der Waals surface area contributed by atoms with Gasteiger partial charge in [-0.1, -0.05) is 0 Å². The van der Waals surface area contributed by atoms with Crippen molar-refractivity contribution in [2.24, 2.45) is 0 Å². The lowest BCUT2D eigenvalue weighted by Crippen LogP contribution is -1.77. The van der Waals surface area contributed by atoms with Crippen LogP contribution in [-0.2, 0) is 0 Å². The van der Waals surface area contributed by atoms with Crippen molar-refractivity contribution in [3.8, 4) is 22.5 Å². The molecule has 0 saturated heterocycles. The van der Waals surface area contributed by atoms with E-state index in [1.165, 1.54) is 0 Å². The molecule has 0 aliphatic carbocycles. The first kappa shape index (κ1) is 13.7. The molecule has 4 heterocycles. The standard InChI is InChI=1S/2C8H7N3/c2*1-2-7(6-9-4-1)8-3-5-10-11-8/h2*1-6H,(H,10,11). The summed E-state index contributed by atoms with van der Waals surface area (Å²) in [5, 5.41) is 13.4. The van der Waals surface area contributed by atoms with Gasteiger partial charge in [-0.3, -0.25) is 20.2 Å². The van der Waals surface area contributed by atoms with Crippen molar-refractivity contribution >= 4 is 0 Å². The van der Waals surface area contributed by atoms with E-state index in [1.54, 1.807) is 37.2 Å². The lowest BCUT2D eigenvalue weighted by molar-refractivity contribution is 1.09. The van der Waals surface area contributed by atoms with Gasteiger partial charge in [-0.2, -0.15) is 10.2 Å². The first-order valence-electron chi connectivity index (χ1n) is 6.73. The Kier molecular flexibility index (Phi) is 4.32. The summed E-state index contributed by atoms with van der Waals surface area (Å²) in [5.74, 6) is 0. The molecule has 0 radical (unpaired) electrons. The quantitative estimate of drug-likeness (QED) is 0.594. The summed E-state index contributed by atoms with van der Waals surface area (Å²) >= 11 is 0. The zero-order chi connectivity index (χ0) is 15.0. The molecule has 0 aliphatic heterocycles. The highest BCUT2D eigenvalue weighted by Gasteiger charge is 1.95. The molecule has 6 heteroatoms. The van der Waals surface area contributed by atoms with Crippen molar-refractivity contribution in [1.82, 2.24) is 30.4 Å². The lowest BCUT2D eigenvalue weighted by atomic mass is 10.2. The number of H-pyrrole nitrogens is 2. The van der Waals surface area contributed by atoms with Crippen LogP contribution in [0.2, 0.25) is 0 Å². The van der Waals surface area contributed by atoms with E-state index < -0.39 is 0 Å². The van der Waals surface area contributed by atoms with Crippen molar-refractivity contribution in [3.05, 3.63) is 73.6 Å². The molecule has 0 amide bonds. The highest BCUT2D eigenvalue weighted by molar-refractivity contribution is 5.57. The summed E-state index contributed by atoms with van der Waals surface area (Å²) in [7, 11) is 0. The fourth-order valence-corrected chi connectivity index (χ4v) is 1.88. The molecular weight excluding hydrogens is 276 g/mol.